The molecule has 1 fully saturated rings. The molecule has 128 valence electrons. The molecular weight excluding hydrogens is 348 g/mol. The van der Waals surface area contributed by atoms with Crippen LogP contribution in [0.15, 0.2) is 22.7 Å². The molecule has 1 saturated heterocycles. The summed E-state index contributed by atoms with van der Waals surface area (Å²) in [5.41, 5.74) is 0.459. The van der Waals surface area contributed by atoms with Crippen LogP contribution >= 0.6 is 11.6 Å². The topological polar surface area (TPSA) is 105 Å². The number of amides is 4. The summed E-state index contributed by atoms with van der Waals surface area (Å²) < 4.78 is 5.14. The Balaban J connectivity index is 1.87. The second-order valence-corrected chi connectivity index (χ2v) is 6.45. The maximum atomic E-state index is 13.2. The number of carbonyl (C=O) groups is 3. The highest BCUT2D eigenvalue weighted by Crippen LogP contribution is 2.44. The number of imide groups is 1. The molecule has 0 bridgehead atoms. The van der Waals surface area contributed by atoms with E-state index in [-0.39, 0.29) is 6.54 Å². The summed E-state index contributed by atoms with van der Waals surface area (Å²) in [7, 11) is 0. The van der Waals surface area contributed by atoms with Gasteiger partial charge in [-0.15, -0.1) is 0 Å². The Kier molecular flexibility index (Phi) is 3.17. The van der Waals surface area contributed by atoms with Gasteiger partial charge in [0.05, 0.1) is 17.9 Å². The Bertz CT molecular complexity index is 934. The van der Waals surface area contributed by atoms with Crippen molar-refractivity contribution in [2.75, 3.05) is 4.90 Å². The first kappa shape index (κ1) is 15.6. The maximum Gasteiger partial charge on any atom is 0.323 e. The van der Waals surface area contributed by atoms with E-state index in [1.165, 1.54) is 11.0 Å². The first-order valence-corrected chi connectivity index (χ1v) is 7.89. The zero-order chi connectivity index (χ0) is 17.9. The molecule has 2 aromatic rings. The SMILES string of the molecule is Cc1noc(C)c1CN1C(=O)C2(NC(=O)NC2=O)c2cc(Cl)ccc21. The lowest BCUT2D eigenvalue weighted by Crippen LogP contribution is -2.52. The molecule has 4 rings (SSSR count). The highest BCUT2D eigenvalue weighted by molar-refractivity contribution is 6.32. The molecule has 2 aliphatic heterocycles. The van der Waals surface area contributed by atoms with E-state index in [0.717, 1.165) is 5.56 Å². The molecular formula is C16H13ClN4O4. The third-order valence-corrected chi connectivity index (χ3v) is 4.82. The fourth-order valence-electron chi connectivity index (χ4n) is 3.31. The van der Waals surface area contributed by atoms with E-state index in [0.29, 0.717) is 27.7 Å². The van der Waals surface area contributed by atoms with Crippen LogP contribution in [0, 0.1) is 13.8 Å². The van der Waals surface area contributed by atoms with Gasteiger partial charge in [-0.3, -0.25) is 14.9 Å². The van der Waals surface area contributed by atoms with Crippen molar-refractivity contribution in [2.24, 2.45) is 0 Å². The molecule has 1 spiro atoms. The smallest absolute Gasteiger partial charge is 0.323 e. The number of benzene rings is 1. The molecule has 0 saturated carbocycles. The minimum Gasteiger partial charge on any atom is -0.361 e. The lowest BCUT2D eigenvalue weighted by atomic mass is 9.91. The molecule has 1 aromatic heterocycles. The molecule has 1 atom stereocenters. The number of hydrogen-bond donors (Lipinski definition) is 2. The quantitative estimate of drug-likeness (QED) is 0.624. The summed E-state index contributed by atoms with van der Waals surface area (Å²) in [5, 5.41) is 8.84. The molecule has 1 unspecified atom stereocenters. The van der Waals surface area contributed by atoms with Crippen molar-refractivity contribution >= 4 is 35.1 Å². The Labute approximate surface area is 147 Å². The van der Waals surface area contributed by atoms with Crippen molar-refractivity contribution in [1.82, 2.24) is 15.8 Å². The summed E-state index contributed by atoms with van der Waals surface area (Å²) in [6, 6.07) is 4.08. The van der Waals surface area contributed by atoms with Crippen LogP contribution in [-0.4, -0.2) is 23.0 Å². The minimum absolute atomic E-state index is 0.166. The Morgan fingerprint density at radius 2 is 2.04 bits per heavy atom. The van der Waals surface area contributed by atoms with Gasteiger partial charge in [-0.25, -0.2) is 4.79 Å². The van der Waals surface area contributed by atoms with Gasteiger partial charge in [0.1, 0.15) is 5.76 Å². The molecule has 3 heterocycles. The van der Waals surface area contributed by atoms with E-state index in [1.807, 2.05) is 0 Å². The van der Waals surface area contributed by atoms with E-state index in [9.17, 15) is 14.4 Å². The molecule has 0 radical (unpaired) electrons. The fraction of sp³-hybridized carbons (Fsp3) is 0.250. The predicted octanol–water partition coefficient (Wildman–Crippen LogP) is 1.53. The van der Waals surface area contributed by atoms with Crippen molar-refractivity contribution in [3.8, 4) is 0 Å². The molecule has 9 heteroatoms. The predicted molar refractivity (Wildman–Crippen MR) is 87.0 cm³/mol. The number of hydrogen-bond acceptors (Lipinski definition) is 5. The molecule has 4 amide bonds. The average Bonchev–Trinajstić information content (AvgIpc) is 3.11. The average molecular weight is 361 g/mol. The number of carbonyl (C=O) groups excluding carboxylic acids is 3. The third kappa shape index (κ3) is 2.00. The fourth-order valence-corrected chi connectivity index (χ4v) is 3.48. The van der Waals surface area contributed by atoms with E-state index in [1.54, 1.807) is 26.0 Å². The number of aromatic nitrogens is 1. The first-order chi connectivity index (χ1) is 11.8. The second-order valence-electron chi connectivity index (χ2n) is 6.01. The monoisotopic (exact) mass is 360 g/mol. The van der Waals surface area contributed by atoms with Crippen LogP contribution in [0.3, 0.4) is 0 Å². The van der Waals surface area contributed by atoms with E-state index < -0.39 is 23.4 Å². The second kappa shape index (κ2) is 5.06. The lowest BCUT2D eigenvalue weighted by Gasteiger charge is -2.21. The van der Waals surface area contributed by atoms with Gasteiger partial charge in [0.15, 0.2) is 0 Å². The van der Waals surface area contributed by atoms with Gasteiger partial charge < -0.3 is 14.7 Å². The van der Waals surface area contributed by atoms with Gasteiger partial charge in [-0.05, 0) is 32.0 Å². The van der Waals surface area contributed by atoms with Crippen LogP contribution in [0.5, 0.6) is 0 Å². The van der Waals surface area contributed by atoms with E-state index >= 15 is 0 Å². The summed E-state index contributed by atoms with van der Waals surface area (Å²) in [6.45, 7) is 3.69. The Hall–Kier alpha value is -2.87. The summed E-state index contributed by atoms with van der Waals surface area (Å²) in [6.07, 6.45) is 0. The lowest BCUT2D eigenvalue weighted by molar-refractivity contribution is -0.134. The van der Waals surface area contributed by atoms with Crippen molar-refractivity contribution < 1.29 is 18.9 Å². The molecule has 25 heavy (non-hydrogen) atoms. The van der Waals surface area contributed by atoms with Crippen molar-refractivity contribution in [3.63, 3.8) is 0 Å². The molecule has 8 nitrogen and oxygen atoms in total. The van der Waals surface area contributed by atoms with Gasteiger partial charge in [0.25, 0.3) is 11.8 Å². The maximum absolute atomic E-state index is 13.2. The number of rotatable bonds is 2. The largest absolute Gasteiger partial charge is 0.361 e. The first-order valence-electron chi connectivity index (χ1n) is 7.52. The highest BCUT2D eigenvalue weighted by atomic mass is 35.5. The van der Waals surface area contributed by atoms with Crippen molar-refractivity contribution in [3.05, 3.63) is 45.8 Å². The summed E-state index contributed by atoms with van der Waals surface area (Å²) >= 11 is 6.06. The number of anilines is 1. The van der Waals surface area contributed by atoms with Crippen LogP contribution in [0.4, 0.5) is 10.5 Å². The van der Waals surface area contributed by atoms with E-state index in [2.05, 4.69) is 15.8 Å². The van der Waals surface area contributed by atoms with Crippen molar-refractivity contribution in [2.45, 2.75) is 25.9 Å². The third-order valence-electron chi connectivity index (χ3n) is 4.59. The molecule has 2 N–H and O–H groups in total. The van der Waals surface area contributed by atoms with Gasteiger partial charge >= 0.3 is 6.03 Å². The van der Waals surface area contributed by atoms with Crippen LogP contribution in [-0.2, 0) is 21.7 Å². The minimum atomic E-state index is -1.80. The summed E-state index contributed by atoms with van der Waals surface area (Å²) in [5.74, 6) is -0.679. The van der Waals surface area contributed by atoms with Gasteiger partial charge in [-0.1, -0.05) is 16.8 Å². The highest BCUT2D eigenvalue weighted by Gasteiger charge is 2.61. The standard InChI is InChI=1S/C16H13ClN4O4/c1-7-10(8(2)25-20-7)6-21-12-4-3-9(17)5-11(12)16(14(21)23)13(22)18-15(24)19-16/h3-5H,6H2,1-2H3,(H2,18,19,22,24). The van der Waals surface area contributed by atoms with Crippen LogP contribution < -0.4 is 15.5 Å². The Morgan fingerprint density at radius 1 is 1.28 bits per heavy atom. The van der Waals surface area contributed by atoms with Crippen LogP contribution in [0.2, 0.25) is 5.02 Å². The number of fused-ring (bicyclic) bond motifs is 2. The molecule has 1 aromatic carbocycles. The number of nitrogens with one attached hydrogen (secondary N) is 2. The number of aryl methyl sites for hydroxylation is 2. The normalized spacial score (nSPS) is 21.7. The van der Waals surface area contributed by atoms with E-state index in [4.69, 9.17) is 16.1 Å². The molecule has 2 aliphatic rings. The van der Waals surface area contributed by atoms with Crippen LogP contribution in [0.1, 0.15) is 22.6 Å². The number of urea groups is 1. The summed E-state index contributed by atoms with van der Waals surface area (Å²) in [4.78, 5) is 38.8. The van der Waals surface area contributed by atoms with Crippen molar-refractivity contribution in [1.29, 1.82) is 0 Å². The zero-order valence-corrected chi connectivity index (χ0v) is 14.1. The van der Waals surface area contributed by atoms with Gasteiger partial charge in [0.2, 0.25) is 5.54 Å². The van der Waals surface area contributed by atoms with Gasteiger partial charge in [0, 0.05) is 16.1 Å². The zero-order valence-electron chi connectivity index (χ0n) is 13.3. The van der Waals surface area contributed by atoms with Gasteiger partial charge in [-0.2, -0.15) is 0 Å². The number of nitrogens with zero attached hydrogens (tertiary/aromatic N) is 2. The molecule has 0 aliphatic carbocycles. The Morgan fingerprint density at radius 3 is 2.64 bits per heavy atom. The van der Waals surface area contributed by atoms with Crippen LogP contribution in [0.25, 0.3) is 0 Å². The number of halogens is 1.